The van der Waals surface area contributed by atoms with Gasteiger partial charge in [-0.05, 0) is 11.6 Å². The Bertz CT molecular complexity index is 1130. The number of carbonyl (C=O) groups excluding carboxylic acids is 2. The first-order valence-corrected chi connectivity index (χ1v) is 10.0. The van der Waals surface area contributed by atoms with Crippen LogP contribution in [-0.4, -0.2) is 18.6 Å². The minimum absolute atomic E-state index is 0.0184. The van der Waals surface area contributed by atoms with Gasteiger partial charge in [0.1, 0.15) is 0 Å². The van der Waals surface area contributed by atoms with Gasteiger partial charge in [-0.1, -0.05) is 62.4 Å². The van der Waals surface area contributed by atoms with Gasteiger partial charge in [0.15, 0.2) is 18.2 Å². The van der Waals surface area contributed by atoms with E-state index in [1.165, 1.54) is 5.56 Å². The number of allylic oxidation sites excluding steroid dienone is 2. The highest BCUT2D eigenvalue weighted by atomic mass is 16.1. The number of carbonyl (C=O) groups is 2. The Morgan fingerprint density at radius 1 is 0.900 bits per heavy atom. The molecule has 150 valence electrons. The number of para-hydroxylation sites is 1. The summed E-state index contributed by atoms with van der Waals surface area (Å²) in [4.78, 5) is 27.4. The van der Waals surface area contributed by atoms with Crippen LogP contribution in [0.2, 0.25) is 0 Å². The first-order valence-electron chi connectivity index (χ1n) is 10.0. The molecule has 0 radical (unpaired) electrons. The molecule has 0 fully saturated rings. The lowest BCUT2D eigenvalue weighted by molar-refractivity contribution is -0.683. The van der Waals surface area contributed by atoms with Crippen molar-refractivity contribution in [3.63, 3.8) is 0 Å². The zero-order chi connectivity index (χ0) is 21.3. The molecule has 2 heterocycles. The predicted octanol–water partition coefficient (Wildman–Crippen LogP) is 4.09. The number of benzene rings is 2. The zero-order valence-electron chi connectivity index (χ0n) is 17.5. The SMILES string of the molecule is CN1C(=CC(=O)C[n+]2ccc(C(=O)c3ccccc3)cc2)C(C)(C)c2ccccc21. The van der Waals surface area contributed by atoms with Crippen molar-refractivity contribution in [1.29, 1.82) is 0 Å². The second-order valence-electron chi connectivity index (χ2n) is 8.15. The van der Waals surface area contributed by atoms with Crippen LogP contribution in [0.3, 0.4) is 0 Å². The standard InChI is InChI=1S/C26H25N2O2/c1-26(2)22-11-7-8-12-23(22)27(3)24(26)17-21(29)18-28-15-13-20(14-16-28)25(30)19-9-5-4-6-10-19/h4-17H,18H2,1-3H3/q+1. The number of fused-ring (bicyclic) bond motifs is 1. The molecule has 0 atom stereocenters. The molecule has 1 aliphatic rings. The van der Waals surface area contributed by atoms with E-state index in [-0.39, 0.29) is 23.5 Å². The highest BCUT2D eigenvalue weighted by Gasteiger charge is 2.38. The summed E-state index contributed by atoms with van der Waals surface area (Å²) in [6, 6.07) is 21.0. The van der Waals surface area contributed by atoms with Crippen LogP contribution in [-0.2, 0) is 16.8 Å². The van der Waals surface area contributed by atoms with E-state index >= 15 is 0 Å². The van der Waals surface area contributed by atoms with Gasteiger partial charge in [0.05, 0.1) is 0 Å². The van der Waals surface area contributed by atoms with Crippen molar-refractivity contribution < 1.29 is 14.2 Å². The lowest BCUT2D eigenvalue weighted by Crippen LogP contribution is -2.37. The van der Waals surface area contributed by atoms with Crippen molar-refractivity contribution in [2.24, 2.45) is 0 Å². The van der Waals surface area contributed by atoms with E-state index in [1.54, 1.807) is 47.3 Å². The third-order valence-electron chi connectivity index (χ3n) is 5.77. The van der Waals surface area contributed by atoms with E-state index < -0.39 is 0 Å². The van der Waals surface area contributed by atoms with E-state index in [0.717, 1.165) is 11.4 Å². The molecule has 4 heteroatoms. The molecule has 1 aliphatic heterocycles. The normalized spacial score (nSPS) is 15.8. The largest absolute Gasteiger partial charge is 0.347 e. The number of aromatic nitrogens is 1. The maximum absolute atomic E-state index is 12.8. The number of likely N-dealkylation sites (N-methyl/N-ethyl adjacent to an activating group) is 1. The van der Waals surface area contributed by atoms with E-state index in [1.807, 2.05) is 37.4 Å². The Balaban J connectivity index is 1.50. The molecule has 0 N–H and O–H groups in total. The Morgan fingerprint density at radius 3 is 2.17 bits per heavy atom. The monoisotopic (exact) mass is 397 g/mol. The second-order valence-corrected chi connectivity index (χ2v) is 8.15. The summed E-state index contributed by atoms with van der Waals surface area (Å²) >= 11 is 0. The number of hydrogen-bond acceptors (Lipinski definition) is 3. The summed E-state index contributed by atoms with van der Waals surface area (Å²) in [5.74, 6) is -0.00634. The van der Waals surface area contributed by atoms with Crippen molar-refractivity contribution >= 4 is 17.3 Å². The van der Waals surface area contributed by atoms with Gasteiger partial charge in [-0.2, -0.15) is 4.57 Å². The first-order chi connectivity index (χ1) is 14.4. The molecular weight excluding hydrogens is 372 g/mol. The summed E-state index contributed by atoms with van der Waals surface area (Å²) in [7, 11) is 2.00. The van der Waals surface area contributed by atoms with Gasteiger partial charge in [0.2, 0.25) is 12.3 Å². The lowest BCUT2D eigenvalue weighted by atomic mass is 9.83. The van der Waals surface area contributed by atoms with Crippen LogP contribution in [0.1, 0.15) is 35.3 Å². The van der Waals surface area contributed by atoms with Crippen LogP contribution >= 0.6 is 0 Å². The van der Waals surface area contributed by atoms with Crippen molar-refractivity contribution in [1.82, 2.24) is 0 Å². The van der Waals surface area contributed by atoms with Gasteiger partial charge in [-0.15, -0.1) is 0 Å². The Kier molecular flexibility index (Phi) is 5.08. The van der Waals surface area contributed by atoms with Crippen molar-refractivity contribution in [3.05, 3.63) is 108 Å². The number of ketones is 2. The zero-order valence-corrected chi connectivity index (χ0v) is 17.5. The molecule has 30 heavy (non-hydrogen) atoms. The first kappa shape index (κ1) is 19.8. The smallest absolute Gasteiger partial charge is 0.222 e. The molecule has 0 aliphatic carbocycles. The minimum atomic E-state index is -0.225. The molecule has 0 bridgehead atoms. The fraction of sp³-hybridized carbons (Fsp3) is 0.192. The molecule has 1 aromatic heterocycles. The molecule has 0 unspecified atom stereocenters. The summed E-state index contributed by atoms with van der Waals surface area (Å²) in [5, 5.41) is 0. The molecule has 2 aromatic carbocycles. The molecule has 4 rings (SSSR count). The predicted molar refractivity (Wildman–Crippen MR) is 117 cm³/mol. The van der Waals surface area contributed by atoms with E-state index in [9.17, 15) is 9.59 Å². The molecule has 0 saturated heterocycles. The van der Waals surface area contributed by atoms with E-state index in [4.69, 9.17) is 0 Å². The number of hydrogen-bond donors (Lipinski definition) is 0. The van der Waals surface area contributed by atoms with E-state index in [2.05, 4.69) is 30.9 Å². The summed E-state index contributed by atoms with van der Waals surface area (Å²) in [6.07, 6.45) is 5.31. The number of rotatable bonds is 5. The minimum Gasteiger partial charge on any atom is -0.347 e. The second kappa shape index (κ2) is 7.71. The van der Waals surface area contributed by atoms with Crippen LogP contribution in [0, 0.1) is 0 Å². The van der Waals surface area contributed by atoms with Gasteiger partial charge in [0.25, 0.3) is 0 Å². The van der Waals surface area contributed by atoms with Crippen molar-refractivity contribution in [2.45, 2.75) is 25.8 Å². The molecule has 0 spiro atoms. The lowest BCUT2D eigenvalue weighted by Gasteiger charge is -2.23. The Hall–Kier alpha value is -3.53. The Labute approximate surface area is 177 Å². The molecule has 0 amide bonds. The molecule has 4 nitrogen and oxygen atoms in total. The maximum Gasteiger partial charge on any atom is 0.222 e. The van der Waals surface area contributed by atoms with Gasteiger partial charge >= 0.3 is 0 Å². The highest BCUT2D eigenvalue weighted by Crippen LogP contribution is 2.46. The van der Waals surface area contributed by atoms with Gasteiger partial charge in [-0.3, -0.25) is 9.59 Å². The fourth-order valence-corrected chi connectivity index (χ4v) is 4.11. The van der Waals surface area contributed by atoms with Crippen LogP contribution < -0.4 is 9.47 Å². The van der Waals surface area contributed by atoms with Crippen LogP contribution in [0.5, 0.6) is 0 Å². The van der Waals surface area contributed by atoms with E-state index in [0.29, 0.717) is 11.1 Å². The summed E-state index contributed by atoms with van der Waals surface area (Å²) in [6.45, 7) is 4.51. The summed E-state index contributed by atoms with van der Waals surface area (Å²) < 4.78 is 1.80. The summed E-state index contributed by atoms with van der Waals surface area (Å²) in [5.41, 5.74) is 4.39. The van der Waals surface area contributed by atoms with Gasteiger partial charge in [-0.25, -0.2) is 0 Å². The average molecular weight is 397 g/mol. The number of nitrogens with zero attached hydrogens (tertiary/aromatic N) is 2. The molecular formula is C26H25N2O2+. The number of anilines is 1. The van der Waals surface area contributed by atoms with Crippen LogP contribution in [0.15, 0.2) is 90.9 Å². The van der Waals surface area contributed by atoms with Gasteiger partial charge in [0, 0.05) is 53.2 Å². The van der Waals surface area contributed by atoms with Gasteiger partial charge < -0.3 is 4.90 Å². The van der Waals surface area contributed by atoms with Crippen molar-refractivity contribution in [3.8, 4) is 0 Å². The third kappa shape index (κ3) is 3.57. The highest BCUT2D eigenvalue weighted by molar-refractivity contribution is 6.08. The molecule has 3 aromatic rings. The quantitative estimate of drug-likeness (QED) is 0.370. The fourth-order valence-electron chi connectivity index (χ4n) is 4.11. The Morgan fingerprint density at radius 2 is 1.50 bits per heavy atom. The van der Waals surface area contributed by atoms with Crippen molar-refractivity contribution in [2.75, 3.05) is 11.9 Å². The topological polar surface area (TPSA) is 41.3 Å². The third-order valence-corrected chi connectivity index (χ3v) is 5.77. The maximum atomic E-state index is 12.8. The van der Waals surface area contributed by atoms with Crippen LogP contribution in [0.25, 0.3) is 0 Å². The molecule has 0 saturated carbocycles. The van der Waals surface area contributed by atoms with Crippen LogP contribution in [0.4, 0.5) is 5.69 Å². The average Bonchev–Trinajstić information content (AvgIpc) is 2.95. The number of pyridine rings is 1.